The second kappa shape index (κ2) is 9.06. The lowest BCUT2D eigenvalue weighted by molar-refractivity contribution is -0.272. The Labute approximate surface area is 224 Å². The summed E-state index contributed by atoms with van der Waals surface area (Å²) in [6.07, 6.45) is 13.2. The maximum absolute atomic E-state index is 12.5. The number of rotatable bonds is 3. The van der Waals surface area contributed by atoms with Gasteiger partial charge >= 0.3 is 5.97 Å². The molecule has 5 fully saturated rings. The summed E-state index contributed by atoms with van der Waals surface area (Å²) in [4.78, 5) is 12.5. The average molecular weight is 514 g/mol. The molecule has 6 aliphatic rings. The molecule has 5 heteroatoms. The zero-order valence-corrected chi connectivity index (χ0v) is 24.1. The van der Waals surface area contributed by atoms with Crippen LogP contribution in [0.3, 0.4) is 0 Å². The molecule has 5 nitrogen and oxygen atoms in total. The van der Waals surface area contributed by atoms with Gasteiger partial charge in [0.05, 0.1) is 12.7 Å². The van der Waals surface area contributed by atoms with Crippen LogP contribution in [-0.4, -0.2) is 36.6 Å². The summed E-state index contributed by atoms with van der Waals surface area (Å²) in [5.41, 5.74) is 8.21. The van der Waals surface area contributed by atoms with Crippen molar-refractivity contribution in [3.05, 3.63) is 11.6 Å². The zero-order chi connectivity index (χ0) is 26.3. The van der Waals surface area contributed by atoms with E-state index in [4.69, 9.17) is 19.9 Å². The van der Waals surface area contributed by atoms with E-state index in [1.807, 2.05) is 13.8 Å². The van der Waals surface area contributed by atoms with Gasteiger partial charge in [0.25, 0.3) is 0 Å². The number of carbonyl (C=O) groups is 1. The largest absolute Gasteiger partial charge is 0.461 e. The summed E-state index contributed by atoms with van der Waals surface area (Å²) in [5, 5.41) is 0. The number of hydrogen-bond acceptors (Lipinski definition) is 5. The highest BCUT2D eigenvalue weighted by molar-refractivity contribution is 5.76. The summed E-state index contributed by atoms with van der Waals surface area (Å²) in [6.45, 7) is 14.7. The smallest absolute Gasteiger partial charge is 0.323 e. The molecular weight excluding hydrogens is 462 g/mol. The Kier molecular flexibility index (Phi) is 6.44. The number of hydrogen-bond donors (Lipinski definition) is 1. The lowest BCUT2D eigenvalue weighted by Crippen LogP contribution is -2.52. The predicted molar refractivity (Wildman–Crippen MR) is 144 cm³/mol. The van der Waals surface area contributed by atoms with E-state index in [2.05, 4.69) is 33.8 Å². The maximum Gasteiger partial charge on any atom is 0.323 e. The molecule has 0 aromatic rings. The molecule has 0 aromatic heterocycles. The van der Waals surface area contributed by atoms with Gasteiger partial charge in [-0.1, -0.05) is 53.2 Å². The molecule has 2 aliphatic heterocycles. The number of nitrogens with two attached hydrogens (primary N) is 1. The van der Waals surface area contributed by atoms with Crippen LogP contribution in [0.1, 0.15) is 99.3 Å². The third kappa shape index (κ3) is 3.91. The van der Waals surface area contributed by atoms with Crippen molar-refractivity contribution in [1.29, 1.82) is 0 Å². The van der Waals surface area contributed by atoms with E-state index in [0.717, 1.165) is 50.0 Å². The molecule has 3 saturated carbocycles. The minimum absolute atomic E-state index is 0.0171. The molecule has 2 heterocycles. The first kappa shape index (κ1) is 26.3. The van der Waals surface area contributed by atoms with E-state index >= 15 is 0 Å². The molecular formula is C32H51NO4. The Morgan fingerprint density at radius 3 is 2.59 bits per heavy atom. The van der Waals surface area contributed by atoms with Crippen LogP contribution in [0.15, 0.2) is 11.6 Å². The van der Waals surface area contributed by atoms with Gasteiger partial charge < -0.3 is 19.9 Å². The van der Waals surface area contributed by atoms with Gasteiger partial charge in [0.2, 0.25) is 0 Å². The van der Waals surface area contributed by atoms with Gasteiger partial charge in [-0.25, -0.2) is 0 Å². The van der Waals surface area contributed by atoms with Crippen molar-refractivity contribution < 1.29 is 19.0 Å². The monoisotopic (exact) mass is 513 g/mol. The van der Waals surface area contributed by atoms with Crippen molar-refractivity contribution in [2.75, 3.05) is 6.61 Å². The summed E-state index contributed by atoms with van der Waals surface area (Å²) >= 11 is 0. The Hall–Kier alpha value is -0.910. The van der Waals surface area contributed by atoms with Crippen molar-refractivity contribution in [3.8, 4) is 0 Å². The summed E-state index contributed by atoms with van der Waals surface area (Å²) in [5.74, 6) is 3.50. The number of esters is 1. The Balaban J connectivity index is 1.18. The molecule has 37 heavy (non-hydrogen) atoms. The minimum Gasteiger partial charge on any atom is -0.461 e. The van der Waals surface area contributed by atoms with E-state index in [1.165, 1.54) is 32.1 Å². The summed E-state index contributed by atoms with van der Waals surface area (Å²) in [7, 11) is 0. The quantitative estimate of drug-likeness (QED) is 0.357. The molecule has 12 atom stereocenters. The standard InChI is InChI=1S/C32H51NO4/c1-18(2)28(33)29(34)36-22-10-12-30(5)21(15-22)7-8-23-24(30)11-13-31(6)25(23)16-26-27(31)20(4)32(37-26)14-9-19(3)17-35-32/h7,18-20,22-28H,8-17,33H2,1-6H3/t19-,20+,22+,23-,24+,25+,26+,27+,28+,30+,31+,32-/m1/s1. The van der Waals surface area contributed by atoms with Crippen LogP contribution in [-0.2, 0) is 19.0 Å². The highest BCUT2D eigenvalue weighted by Gasteiger charge is 2.68. The maximum atomic E-state index is 12.5. The van der Waals surface area contributed by atoms with E-state index in [-0.39, 0.29) is 29.2 Å². The third-order valence-corrected chi connectivity index (χ3v) is 12.6. The number of fused-ring (bicyclic) bond motifs is 7. The number of ether oxygens (including phenoxy) is 3. The molecule has 6 rings (SSSR count). The van der Waals surface area contributed by atoms with E-state index < -0.39 is 6.04 Å². The van der Waals surface area contributed by atoms with Gasteiger partial charge in [-0.05, 0) is 91.3 Å². The molecule has 0 amide bonds. The van der Waals surface area contributed by atoms with Gasteiger partial charge in [-0.2, -0.15) is 0 Å². The molecule has 0 bridgehead atoms. The second-order valence-corrected chi connectivity index (χ2v) is 14.8. The normalized spacial score (nSPS) is 51.6. The topological polar surface area (TPSA) is 70.8 Å². The Morgan fingerprint density at radius 2 is 1.89 bits per heavy atom. The van der Waals surface area contributed by atoms with Crippen LogP contribution in [0.2, 0.25) is 0 Å². The Bertz CT molecular complexity index is 937. The van der Waals surface area contributed by atoms with E-state index in [0.29, 0.717) is 29.3 Å². The first-order chi connectivity index (χ1) is 17.5. The van der Waals surface area contributed by atoms with Crippen LogP contribution < -0.4 is 5.73 Å². The fourth-order valence-corrected chi connectivity index (χ4v) is 10.3. The molecule has 2 N–H and O–H groups in total. The van der Waals surface area contributed by atoms with Crippen LogP contribution >= 0.6 is 0 Å². The molecule has 4 aliphatic carbocycles. The SMILES string of the molecule is CC(C)[C@H](N)C(=O)O[C@H]1CC[C@@]2(C)C(=CC[C@H]3[C@@H]4C[C@@H]5O[C@]6(CC[C@@H](C)CO6)[C@@H](C)[C@@H]5[C@@]4(C)CC[C@@H]32)C1. The van der Waals surface area contributed by atoms with Gasteiger partial charge in [0.1, 0.15) is 12.1 Å². The molecule has 0 aromatic carbocycles. The van der Waals surface area contributed by atoms with Crippen molar-refractivity contribution in [2.24, 2.45) is 58.0 Å². The van der Waals surface area contributed by atoms with E-state index in [1.54, 1.807) is 5.57 Å². The summed E-state index contributed by atoms with van der Waals surface area (Å²) < 4.78 is 19.3. The molecule has 0 unspecified atom stereocenters. The van der Waals surface area contributed by atoms with Gasteiger partial charge in [-0.15, -0.1) is 0 Å². The van der Waals surface area contributed by atoms with Crippen LogP contribution in [0.25, 0.3) is 0 Å². The Morgan fingerprint density at radius 1 is 1.11 bits per heavy atom. The zero-order valence-electron chi connectivity index (χ0n) is 24.1. The van der Waals surface area contributed by atoms with Gasteiger partial charge in [0.15, 0.2) is 5.79 Å². The lowest BCUT2D eigenvalue weighted by Gasteiger charge is -2.58. The van der Waals surface area contributed by atoms with Crippen molar-refractivity contribution in [1.82, 2.24) is 0 Å². The minimum atomic E-state index is -0.526. The van der Waals surface area contributed by atoms with Gasteiger partial charge in [0, 0.05) is 18.8 Å². The third-order valence-electron chi connectivity index (χ3n) is 12.6. The van der Waals surface area contributed by atoms with Crippen LogP contribution in [0.4, 0.5) is 0 Å². The lowest BCUT2D eigenvalue weighted by atomic mass is 9.47. The molecule has 208 valence electrons. The first-order valence-electron chi connectivity index (χ1n) is 15.5. The summed E-state index contributed by atoms with van der Waals surface area (Å²) in [6, 6.07) is -0.526. The van der Waals surface area contributed by atoms with Gasteiger partial charge in [-0.3, -0.25) is 4.79 Å². The van der Waals surface area contributed by atoms with Crippen molar-refractivity contribution >= 4 is 5.97 Å². The van der Waals surface area contributed by atoms with Crippen molar-refractivity contribution in [2.45, 2.75) is 123 Å². The van der Waals surface area contributed by atoms with E-state index in [9.17, 15) is 4.79 Å². The highest BCUT2D eigenvalue weighted by atomic mass is 16.7. The second-order valence-electron chi connectivity index (χ2n) is 14.8. The fourth-order valence-electron chi connectivity index (χ4n) is 10.3. The highest BCUT2D eigenvalue weighted by Crippen LogP contribution is 2.70. The number of carbonyl (C=O) groups excluding carboxylic acids is 1. The van der Waals surface area contributed by atoms with Crippen molar-refractivity contribution in [3.63, 3.8) is 0 Å². The number of allylic oxidation sites excluding steroid dienone is 1. The molecule has 1 spiro atoms. The first-order valence-corrected chi connectivity index (χ1v) is 15.5. The molecule has 2 saturated heterocycles. The predicted octanol–water partition coefficient (Wildman–Crippen LogP) is 6.25. The average Bonchev–Trinajstić information content (AvgIpc) is 3.30. The van der Waals surface area contributed by atoms with Crippen LogP contribution in [0.5, 0.6) is 0 Å². The fraction of sp³-hybridized carbons (Fsp3) is 0.906. The molecule has 0 radical (unpaired) electrons. The van der Waals surface area contributed by atoms with Crippen LogP contribution in [0, 0.1) is 52.3 Å².